The van der Waals surface area contributed by atoms with Gasteiger partial charge in [-0.3, -0.25) is 4.68 Å². The molecule has 124 valence electrons. The molecule has 1 aromatic carbocycles. The van der Waals surface area contributed by atoms with Gasteiger partial charge in [0.25, 0.3) is 0 Å². The molecule has 1 aromatic heterocycles. The lowest BCUT2D eigenvalue weighted by Gasteiger charge is -2.18. The largest absolute Gasteiger partial charge is 0.489 e. The number of carbonyl (C=O) groups is 1. The van der Waals surface area contributed by atoms with E-state index in [-0.39, 0.29) is 24.5 Å². The second-order valence-electron chi connectivity index (χ2n) is 4.97. The van der Waals surface area contributed by atoms with Crippen LogP contribution in [-0.4, -0.2) is 33.4 Å². The van der Waals surface area contributed by atoms with Crippen LogP contribution >= 0.6 is 0 Å². The first-order valence-electron chi connectivity index (χ1n) is 7.35. The highest BCUT2D eigenvalue weighted by Crippen LogP contribution is 2.14. The Bertz CT molecular complexity index is 646. The number of hydrogen-bond acceptors (Lipinski definition) is 4. The molecule has 2 aromatic rings. The Labute approximate surface area is 133 Å². The summed E-state index contributed by atoms with van der Waals surface area (Å²) in [6.07, 6.45) is 1.87. The molecule has 0 saturated heterocycles. The first kappa shape index (κ1) is 16.7. The summed E-state index contributed by atoms with van der Waals surface area (Å²) < 4.78 is 20.4. The molecule has 23 heavy (non-hydrogen) atoms. The summed E-state index contributed by atoms with van der Waals surface area (Å²) >= 11 is 0. The number of rotatable bonds is 7. The molecule has 0 aliphatic carbocycles. The quantitative estimate of drug-likeness (QED) is 0.812. The van der Waals surface area contributed by atoms with Crippen LogP contribution in [0.4, 0.5) is 9.18 Å². The molecule has 7 nitrogen and oxygen atoms in total. The number of carbonyl (C=O) groups excluding carboxylic acids is 1. The van der Waals surface area contributed by atoms with Crippen molar-refractivity contribution in [2.75, 3.05) is 6.54 Å². The fourth-order valence-electron chi connectivity index (χ4n) is 1.91. The maximum Gasteiger partial charge on any atom is 0.315 e. The Morgan fingerprint density at radius 1 is 1.43 bits per heavy atom. The maximum atomic E-state index is 13.1. The van der Waals surface area contributed by atoms with Gasteiger partial charge >= 0.3 is 6.03 Å². The van der Waals surface area contributed by atoms with Gasteiger partial charge in [-0.1, -0.05) is 13.0 Å². The zero-order chi connectivity index (χ0) is 16.7. The number of benzene rings is 1. The molecule has 0 unspecified atom stereocenters. The number of urea groups is 1. The average Bonchev–Trinajstić information content (AvgIpc) is 2.94. The van der Waals surface area contributed by atoms with Gasteiger partial charge in [0.2, 0.25) is 0 Å². The first-order chi connectivity index (χ1) is 11.1. The van der Waals surface area contributed by atoms with Crippen LogP contribution in [0.3, 0.4) is 0 Å². The van der Waals surface area contributed by atoms with Crippen molar-refractivity contribution in [3.63, 3.8) is 0 Å². The molecular weight excluding hydrogens is 301 g/mol. The van der Waals surface area contributed by atoms with E-state index in [0.717, 1.165) is 0 Å². The third kappa shape index (κ3) is 5.24. The molecule has 2 N–H and O–H groups in total. The molecule has 2 amide bonds. The number of aromatic nitrogens is 3. The second kappa shape index (κ2) is 8.11. The average molecular weight is 321 g/mol. The zero-order valence-electron chi connectivity index (χ0n) is 13.1. The van der Waals surface area contributed by atoms with Crippen molar-refractivity contribution >= 4 is 6.03 Å². The van der Waals surface area contributed by atoms with E-state index in [0.29, 0.717) is 24.5 Å². The molecule has 0 aliphatic heterocycles. The normalized spacial score (nSPS) is 11.8. The molecule has 0 radical (unpaired) electrons. The van der Waals surface area contributed by atoms with Crippen LogP contribution in [0.1, 0.15) is 19.2 Å². The Hall–Kier alpha value is -2.64. The van der Waals surface area contributed by atoms with Crippen molar-refractivity contribution in [1.82, 2.24) is 25.4 Å². The first-order valence-corrected chi connectivity index (χ1v) is 7.35. The summed E-state index contributed by atoms with van der Waals surface area (Å²) in [4.78, 5) is 15.8. The third-order valence-electron chi connectivity index (χ3n) is 3.26. The van der Waals surface area contributed by atoms with E-state index in [1.807, 2.05) is 6.92 Å². The SMILES string of the molecule is CC[C@H](CNC(=O)NCc1ncnn1C)Oc1cccc(F)c1. The van der Waals surface area contributed by atoms with Gasteiger partial charge in [-0.2, -0.15) is 5.10 Å². The highest BCUT2D eigenvalue weighted by molar-refractivity contribution is 5.73. The maximum absolute atomic E-state index is 13.1. The fourth-order valence-corrected chi connectivity index (χ4v) is 1.91. The summed E-state index contributed by atoms with van der Waals surface area (Å²) in [5.41, 5.74) is 0. The number of amides is 2. The van der Waals surface area contributed by atoms with E-state index in [1.54, 1.807) is 23.9 Å². The zero-order valence-corrected chi connectivity index (χ0v) is 13.1. The van der Waals surface area contributed by atoms with E-state index in [4.69, 9.17) is 4.74 Å². The van der Waals surface area contributed by atoms with Crippen molar-refractivity contribution in [2.45, 2.75) is 26.0 Å². The van der Waals surface area contributed by atoms with Gasteiger partial charge in [0.15, 0.2) is 0 Å². The topological polar surface area (TPSA) is 81.1 Å². The van der Waals surface area contributed by atoms with Crippen LogP contribution in [0.25, 0.3) is 0 Å². The number of nitrogens with zero attached hydrogens (tertiary/aromatic N) is 3. The molecule has 0 spiro atoms. The Kier molecular flexibility index (Phi) is 5.90. The highest BCUT2D eigenvalue weighted by Gasteiger charge is 2.11. The van der Waals surface area contributed by atoms with Crippen molar-refractivity contribution in [3.05, 3.63) is 42.2 Å². The lowest BCUT2D eigenvalue weighted by molar-refractivity contribution is 0.189. The van der Waals surface area contributed by atoms with Crippen molar-refractivity contribution < 1.29 is 13.9 Å². The summed E-state index contributed by atoms with van der Waals surface area (Å²) in [6.45, 7) is 2.53. The Morgan fingerprint density at radius 2 is 2.26 bits per heavy atom. The predicted molar refractivity (Wildman–Crippen MR) is 82.3 cm³/mol. The molecule has 0 fully saturated rings. The van der Waals surface area contributed by atoms with Crippen LogP contribution in [-0.2, 0) is 13.6 Å². The molecule has 0 saturated carbocycles. The second-order valence-corrected chi connectivity index (χ2v) is 4.97. The van der Waals surface area contributed by atoms with Gasteiger partial charge in [0.1, 0.15) is 29.8 Å². The summed E-state index contributed by atoms with van der Waals surface area (Å²) in [5.74, 6) is 0.744. The van der Waals surface area contributed by atoms with E-state index in [9.17, 15) is 9.18 Å². The van der Waals surface area contributed by atoms with Crippen molar-refractivity contribution in [3.8, 4) is 5.75 Å². The molecule has 0 aliphatic rings. The van der Waals surface area contributed by atoms with Crippen LogP contribution < -0.4 is 15.4 Å². The molecule has 8 heteroatoms. The molecule has 2 rings (SSSR count). The number of aryl methyl sites for hydroxylation is 1. The Balaban J connectivity index is 1.76. The molecule has 1 atom stereocenters. The van der Waals surface area contributed by atoms with E-state index >= 15 is 0 Å². The molecular formula is C15H20FN5O2. The van der Waals surface area contributed by atoms with Crippen LogP contribution in [0.2, 0.25) is 0 Å². The van der Waals surface area contributed by atoms with Gasteiger partial charge in [0, 0.05) is 13.1 Å². The fraction of sp³-hybridized carbons (Fsp3) is 0.400. The van der Waals surface area contributed by atoms with Gasteiger partial charge in [-0.05, 0) is 18.6 Å². The summed E-state index contributed by atoms with van der Waals surface area (Å²) in [5, 5.41) is 9.33. The molecule has 0 bridgehead atoms. The highest BCUT2D eigenvalue weighted by atomic mass is 19.1. The predicted octanol–water partition coefficient (Wildman–Crippen LogP) is 1.61. The van der Waals surface area contributed by atoms with Crippen molar-refractivity contribution in [1.29, 1.82) is 0 Å². The van der Waals surface area contributed by atoms with Crippen LogP contribution in [0.5, 0.6) is 5.75 Å². The van der Waals surface area contributed by atoms with Gasteiger partial charge in [-0.15, -0.1) is 0 Å². The van der Waals surface area contributed by atoms with Gasteiger partial charge < -0.3 is 15.4 Å². The van der Waals surface area contributed by atoms with E-state index < -0.39 is 0 Å². The van der Waals surface area contributed by atoms with Gasteiger partial charge in [-0.25, -0.2) is 14.2 Å². The van der Waals surface area contributed by atoms with Gasteiger partial charge in [0.05, 0.1) is 13.1 Å². The lowest BCUT2D eigenvalue weighted by Crippen LogP contribution is -2.41. The minimum Gasteiger partial charge on any atom is -0.489 e. The van der Waals surface area contributed by atoms with E-state index in [2.05, 4.69) is 20.7 Å². The molecule has 1 heterocycles. The lowest BCUT2D eigenvalue weighted by atomic mass is 10.2. The standard InChI is InChI=1S/C15H20FN5O2/c1-3-12(23-13-6-4-5-11(16)7-13)8-17-15(22)18-9-14-19-10-20-21(14)2/h4-7,10,12H,3,8-9H2,1-2H3,(H2,17,18,22)/t12-/m1/s1. The number of nitrogens with one attached hydrogen (secondary N) is 2. The number of ether oxygens (including phenoxy) is 1. The van der Waals surface area contributed by atoms with Crippen molar-refractivity contribution in [2.24, 2.45) is 7.05 Å². The minimum atomic E-state index is -0.355. The Morgan fingerprint density at radius 3 is 2.91 bits per heavy atom. The summed E-state index contributed by atoms with van der Waals surface area (Å²) in [6, 6.07) is 5.61. The number of hydrogen-bond donors (Lipinski definition) is 2. The van der Waals surface area contributed by atoms with Crippen LogP contribution in [0.15, 0.2) is 30.6 Å². The van der Waals surface area contributed by atoms with Crippen LogP contribution in [0, 0.1) is 5.82 Å². The monoisotopic (exact) mass is 321 g/mol. The van der Waals surface area contributed by atoms with E-state index in [1.165, 1.54) is 18.5 Å². The summed E-state index contributed by atoms with van der Waals surface area (Å²) in [7, 11) is 1.75. The smallest absolute Gasteiger partial charge is 0.315 e. The minimum absolute atomic E-state index is 0.239. The third-order valence-corrected chi connectivity index (χ3v) is 3.26. The number of halogens is 1.